The Hall–Kier alpha value is -4.11. The van der Waals surface area contributed by atoms with Gasteiger partial charge in [-0.25, -0.2) is 0 Å². The molecule has 4 aromatic rings. The van der Waals surface area contributed by atoms with Crippen LogP contribution in [0.5, 0.6) is 0 Å². The second kappa shape index (κ2) is 8.68. The number of carbonyl (C=O) groups is 2. The number of fused-ring (bicyclic) bond motifs is 1. The summed E-state index contributed by atoms with van der Waals surface area (Å²) in [6.45, 7) is 0. The molecule has 2 heterocycles. The number of benzene rings is 3. The molecule has 3 aromatic carbocycles. The summed E-state index contributed by atoms with van der Waals surface area (Å²) in [6, 6.07) is 23.3. The number of amides is 1. The lowest BCUT2D eigenvalue weighted by Crippen LogP contribution is -2.32. The number of nitro benzene ring substituents is 1. The summed E-state index contributed by atoms with van der Waals surface area (Å²) < 4.78 is 0. The number of hydrogen-bond donors (Lipinski definition) is 2. The summed E-state index contributed by atoms with van der Waals surface area (Å²) in [7, 11) is 0. The van der Waals surface area contributed by atoms with Crippen molar-refractivity contribution in [2.24, 2.45) is 0 Å². The SMILES string of the molecule is O=C(O)CC1SC(c2cccc([N+](=O)[O-])c2)N(c2c(-c3ccccc3)[nH]c3ccccc23)C1=O. The second-order valence-electron chi connectivity index (χ2n) is 7.90. The third-order valence-corrected chi connectivity index (χ3v) is 7.19. The van der Waals surface area contributed by atoms with Gasteiger partial charge in [0.25, 0.3) is 5.69 Å². The first kappa shape index (κ1) is 21.7. The monoisotopic (exact) mass is 473 g/mol. The van der Waals surface area contributed by atoms with Gasteiger partial charge in [-0.3, -0.25) is 24.6 Å². The van der Waals surface area contributed by atoms with Crippen molar-refractivity contribution in [3.63, 3.8) is 0 Å². The molecule has 0 spiro atoms. The molecule has 1 fully saturated rings. The van der Waals surface area contributed by atoms with Crippen LogP contribution in [0.15, 0.2) is 78.9 Å². The Morgan fingerprint density at radius 1 is 1.06 bits per heavy atom. The van der Waals surface area contributed by atoms with Crippen molar-refractivity contribution in [3.05, 3.63) is 94.5 Å². The van der Waals surface area contributed by atoms with Crippen LogP contribution in [-0.4, -0.2) is 32.1 Å². The van der Waals surface area contributed by atoms with E-state index in [9.17, 15) is 24.8 Å². The molecule has 0 saturated carbocycles. The van der Waals surface area contributed by atoms with E-state index in [0.717, 1.165) is 22.2 Å². The Kier molecular flexibility index (Phi) is 5.54. The number of thioether (sulfide) groups is 1. The normalized spacial score (nSPS) is 17.9. The summed E-state index contributed by atoms with van der Waals surface area (Å²) >= 11 is 1.20. The van der Waals surface area contributed by atoms with Crippen LogP contribution in [0.1, 0.15) is 17.4 Å². The lowest BCUT2D eigenvalue weighted by Gasteiger charge is -2.25. The molecule has 2 unspecified atom stereocenters. The van der Waals surface area contributed by atoms with E-state index in [0.29, 0.717) is 11.3 Å². The Morgan fingerprint density at radius 3 is 2.53 bits per heavy atom. The summed E-state index contributed by atoms with van der Waals surface area (Å²) in [6.07, 6.45) is -0.339. The van der Waals surface area contributed by atoms with Gasteiger partial charge >= 0.3 is 5.97 Å². The average Bonchev–Trinajstić information content (AvgIpc) is 3.37. The average molecular weight is 474 g/mol. The number of carbonyl (C=O) groups excluding carboxylic acids is 1. The lowest BCUT2D eigenvalue weighted by molar-refractivity contribution is -0.384. The van der Waals surface area contributed by atoms with Crippen LogP contribution < -0.4 is 4.90 Å². The first-order valence-electron chi connectivity index (χ1n) is 10.5. The number of nitro groups is 1. The van der Waals surface area contributed by atoms with Crippen molar-refractivity contribution in [2.45, 2.75) is 17.0 Å². The van der Waals surface area contributed by atoms with E-state index in [4.69, 9.17) is 0 Å². The second-order valence-corrected chi connectivity index (χ2v) is 9.18. The summed E-state index contributed by atoms with van der Waals surface area (Å²) in [5, 5.41) is 20.2. The minimum absolute atomic E-state index is 0.0885. The zero-order chi connectivity index (χ0) is 23.8. The third kappa shape index (κ3) is 3.80. The standard InChI is InChI=1S/C25H19N3O5S/c29-21(30)14-20-24(31)27(25(34-20)16-9-6-10-17(13-16)28(32)33)23-18-11-4-5-12-19(18)26-22(23)15-7-2-1-3-8-15/h1-13,20,25-26H,14H2,(H,29,30). The summed E-state index contributed by atoms with van der Waals surface area (Å²) in [5.41, 5.74) is 3.52. The van der Waals surface area contributed by atoms with Gasteiger partial charge in [0.1, 0.15) is 5.37 Å². The van der Waals surface area contributed by atoms with Crippen molar-refractivity contribution >= 4 is 45.9 Å². The molecule has 34 heavy (non-hydrogen) atoms. The zero-order valence-electron chi connectivity index (χ0n) is 17.8. The molecule has 1 aromatic heterocycles. The number of non-ortho nitro benzene ring substituents is 1. The van der Waals surface area contributed by atoms with E-state index >= 15 is 0 Å². The van der Waals surface area contributed by atoms with E-state index in [1.165, 1.54) is 23.9 Å². The van der Waals surface area contributed by atoms with Crippen molar-refractivity contribution in [1.29, 1.82) is 0 Å². The highest BCUT2D eigenvalue weighted by atomic mass is 32.2. The van der Waals surface area contributed by atoms with E-state index in [1.807, 2.05) is 54.6 Å². The maximum absolute atomic E-state index is 13.7. The van der Waals surface area contributed by atoms with Gasteiger partial charge in [-0.05, 0) is 11.6 Å². The topological polar surface area (TPSA) is 117 Å². The maximum atomic E-state index is 13.7. The predicted octanol–water partition coefficient (Wildman–Crippen LogP) is 5.37. The van der Waals surface area contributed by atoms with Crippen LogP contribution in [0.25, 0.3) is 22.2 Å². The number of aliphatic carboxylic acids is 1. The number of hydrogen-bond acceptors (Lipinski definition) is 5. The number of aromatic nitrogens is 1. The van der Waals surface area contributed by atoms with Gasteiger partial charge in [-0.2, -0.15) is 0 Å². The van der Waals surface area contributed by atoms with Gasteiger partial charge in [-0.15, -0.1) is 11.8 Å². The molecule has 1 amide bonds. The Labute approximate surface area is 198 Å². The third-order valence-electron chi connectivity index (χ3n) is 5.75. The van der Waals surface area contributed by atoms with Crippen LogP contribution in [0.2, 0.25) is 0 Å². The van der Waals surface area contributed by atoms with Crippen molar-refractivity contribution in [3.8, 4) is 11.3 Å². The maximum Gasteiger partial charge on any atom is 0.305 e. The molecule has 2 N–H and O–H groups in total. The molecule has 5 rings (SSSR count). The Bertz CT molecular complexity index is 1420. The molecule has 0 bridgehead atoms. The smallest absolute Gasteiger partial charge is 0.305 e. The van der Waals surface area contributed by atoms with Gasteiger partial charge in [0, 0.05) is 28.6 Å². The number of rotatable bonds is 6. The molecule has 9 heteroatoms. The van der Waals surface area contributed by atoms with E-state index in [1.54, 1.807) is 17.0 Å². The number of nitrogens with zero attached hydrogens (tertiary/aromatic N) is 2. The summed E-state index contributed by atoms with van der Waals surface area (Å²) in [5.74, 6) is -1.42. The van der Waals surface area contributed by atoms with Gasteiger partial charge in [0.15, 0.2) is 0 Å². The minimum atomic E-state index is -1.08. The van der Waals surface area contributed by atoms with Crippen LogP contribution in [0.4, 0.5) is 11.4 Å². The van der Waals surface area contributed by atoms with Crippen LogP contribution in [-0.2, 0) is 9.59 Å². The largest absolute Gasteiger partial charge is 0.481 e. The fourth-order valence-electron chi connectivity index (χ4n) is 4.28. The fourth-order valence-corrected chi connectivity index (χ4v) is 5.69. The molecule has 1 aliphatic heterocycles. The molecule has 1 saturated heterocycles. The van der Waals surface area contributed by atoms with Gasteiger partial charge in [-0.1, -0.05) is 60.7 Å². The van der Waals surface area contributed by atoms with Crippen LogP contribution in [0.3, 0.4) is 0 Å². The molecule has 170 valence electrons. The van der Waals surface area contributed by atoms with Crippen LogP contribution >= 0.6 is 11.8 Å². The fraction of sp³-hybridized carbons (Fsp3) is 0.120. The van der Waals surface area contributed by atoms with Crippen molar-refractivity contribution < 1.29 is 19.6 Å². The van der Waals surface area contributed by atoms with Gasteiger partial charge in [0.2, 0.25) is 5.91 Å². The molecule has 0 radical (unpaired) electrons. The van der Waals surface area contributed by atoms with E-state index in [-0.39, 0.29) is 18.0 Å². The number of nitrogens with one attached hydrogen (secondary N) is 1. The quantitative estimate of drug-likeness (QED) is 0.287. The van der Waals surface area contributed by atoms with Crippen molar-refractivity contribution in [1.82, 2.24) is 4.98 Å². The first-order chi connectivity index (χ1) is 16.4. The number of aromatic amines is 1. The van der Waals surface area contributed by atoms with Gasteiger partial charge < -0.3 is 10.1 Å². The highest BCUT2D eigenvalue weighted by Crippen LogP contribution is 2.51. The number of H-pyrrole nitrogens is 1. The Balaban J connectivity index is 1.73. The van der Waals surface area contributed by atoms with Gasteiger partial charge in [0.05, 0.1) is 28.0 Å². The molecular formula is C25H19N3O5S. The Morgan fingerprint density at radius 2 is 1.79 bits per heavy atom. The predicted molar refractivity (Wildman–Crippen MR) is 131 cm³/mol. The van der Waals surface area contributed by atoms with Crippen LogP contribution in [0, 0.1) is 10.1 Å². The number of carboxylic acids is 1. The summed E-state index contributed by atoms with van der Waals surface area (Å²) in [4.78, 5) is 41.1. The number of anilines is 1. The van der Waals surface area contributed by atoms with E-state index < -0.39 is 21.5 Å². The highest BCUT2D eigenvalue weighted by molar-refractivity contribution is 8.01. The molecule has 1 aliphatic rings. The highest BCUT2D eigenvalue weighted by Gasteiger charge is 2.45. The molecule has 8 nitrogen and oxygen atoms in total. The van der Waals surface area contributed by atoms with Crippen molar-refractivity contribution in [2.75, 3.05) is 4.90 Å². The minimum Gasteiger partial charge on any atom is -0.481 e. The number of para-hydroxylation sites is 1. The zero-order valence-corrected chi connectivity index (χ0v) is 18.6. The molecule has 2 atom stereocenters. The molecular weight excluding hydrogens is 454 g/mol. The first-order valence-corrected chi connectivity index (χ1v) is 11.5. The van der Waals surface area contributed by atoms with E-state index in [2.05, 4.69) is 4.98 Å². The number of carboxylic acid groups (broad SMARTS) is 1. The lowest BCUT2D eigenvalue weighted by atomic mass is 10.1. The molecule has 0 aliphatic carbocycles.